The molecule has 4 aromatic rings. The van der Waals surface area contributed by atoms with Crippen LogP contribution in [0, 0.1) is 0 Å². The van der Waals surface area contributed by atoms with Gasteiger partial charge in [-0.3, -0.25) is 4.90 Å². The Hall–Kier alpha value is -1.61. The third-order valence-electron chi connectivity index (χ3n) is 4.77. The molecule has 0 amide bonds. The van der Waals surface area contributed by atoms with Gasteiger partial charge in [-0.2, -0.15) is 0 Å². The molecular formula is C19H17BrN4OS2. The highest BCUT2D eigenvalue weighted by molar-refractivity contribution is 9.11. The molecule has 1 unspecified atom stereocenters. The molecule has 1 saturated heterocycles. The zero-order valence-corrected chi connectivity index (χ0v) is 17.7. The predicted octanol–water partition coefficient (Wildman–Crippen LogP) is 5.55. The first-order valence-corrected chi connectivity index (χ1v) is 11.3. The SMILES string of the molecule is Brc1ccc(-c2nnc(CN3CCCC(c4nc5ccccc5s4)C3)o2)s1. The van der Waals surface area contributed by atoms with Gasteiger partial charge in [0.15, 0.2) is 0 Å². The van der Waals surface area contributed by atoms with Crippen LogP contribution in [0.4, 0.5) is 0 Å². The topological polar surface area (TPSA) is 55.1 Å². The van der Waals surface area contributed by atoms with E-state index in [1.807, 2.05) is 23.5 Å². The van der Waals surface area contributed by atoms with Gasteiger partial charge in [-0.15, -0.1) is 32.9 Å². The molecule has 0 saturated carbocycles. The van der Waals surface area contributed by atoms with Gasteiger partial charge in [0.1, 0.15) is 0 Å². The van der Waals surface area contributed by atoms with Gasteiger partial charge in [0.05, 0.1) is 30.4 Å². The minimum absolute atomic E-state index is 0.479. The summed E-state index contributed by atoms with van der Waals surface area (Å²) in [6.07, 6.45) is 2.36. The van der Waals surface area contributed by atoms with Crippen LogP contribution in [0.25, 0.3) is 21.0 Å². The van der Waals surface area contributed by atoms with Crippen LogP contribution >= 0.6 is 38.6 Å². The summed E-state index contributed by atoms with van der Waals surface area (Å²) in [6.45, 7) is 2.74. The van der Waals surface area contributed by atoms with Gasteiger partial charge in [0.25, 0.3) is 5.89 Å². The summed E-state index contributed by atoms with van der Waals surface area (Å²) in [6, 6.07) is 12.4. The van der Waals surface area contributed by atoms with E-state index in [1.165, 1.54) is 22.5 Å². The summed E-state index contributed by atoms with van der Waals surface area (Å²) in [7, 11) is 0. The van der Waals surface area contributed by atoms with Gasteiger partial charge < -0.3 is 4.42 Å². The maximum Gasteiger partial charge on any atom is 0.257 e. The molecule has 0 radical (unpaired) electrons. The quantitative estimate of drug-likeness (QED) is 0.399. The van der Waals surface area contributed by atoms with Crippen LogP contribution in [-0.4, -0.2) is 33.2 Å². The minimum atomic E-state index is 0.479. The Kier molecular flexibility index (Phi) is 4.81. The first-order valence-electron chi connectivity index (χ1n) is 8.90. The normalized spacial score (nSPS) is 18.3. The zero-order valence-electron chi connectivity index (χ0n) is 14.5. The molecule has 1 aromatic carbocycles. The summed E-state index contributed by atoms with van der Waals surface area (Å²) >= 11 is 6.90. The number of aromatic nitrogens is 3. The molecule has 3 aromatic heterocycles. The smallest absolute Gasteiger partial charge is 0.257 e. The molecule has 1 atom stereocenters. The largest absolute Gasteiger partial charge is 0.419 e. The second-order valence-corrected chi connectivity index (χ2v) is 10.2. The van der Waals surface area contributed by atoms with Crippen LogP contribution in [0.3, 0.4) is 0 Å². The van der Waals surface area contributed by atoms with E-state index in [-0.39, 0.29) is 0 Å². The number of fused-ring (bicyclic) bond motifs is 1. The van der Waals surface area contributed by atoms with E-state index in [0.29, 0.717) is 24.2 Å². The highest BCUT2D eigenvalue weighted by Gasteiger charge is 2.25. The average Bonchev–Trinajstić information content (AvgIpc) is 3.41. The fraction of sp³-hybridized carbons (Fsp3) is 0.316. The van der Waals surface area contributed by atoms with E-state index < -0.39 is 0 Å². The van der Waals surface area contributed by atoms with Crippen molar-refractivity contribution in [2.45, 2.75) is 25.3 Å². The van der Waals surface area contributed by atoms with Crippen molar-refractivity contribution in [1.82, 2.24) is 20.1 Å². The Morgan fingerprint density at radius 3 is 2.93 bits per heavy atom. The molecule has 5 nitrogen and oxygen atoms in total. The molecule has 0 N–H and O–H groups in total. The number of thiophene rings is 1. The van der Waals surface area contributed by atoms with Crippen molar-refractivity contribution in [3.05, 3.63) is 51.1 Å². The molecule has 1 aliphatic rings. The van der Waals surface area contributed by atoms with E-state index in [0.717, 1.165) is 27.3 Å². The fourth-order valence-corrected chi connectivity index (χ4v) is 5.90. The first kappa shape index (κ1) is 17.5. The van der Waals surface area contributed by atoms with Crippen molar-refractivity contribution in [3.8, 4) is 10.8 Å². The number of hydrogen-bond donors (Lipinski definition) is 0. The summed E-state index contributed by atoms with van der Waals surface area (Å²) in [5, 5.41) is 9.70. The van der Waals surface area contributed by atoms with Crippen molar-refractivity contribution in [3.63, 3.8) is 0 Å². The maximum absolute atomic E-state index is 5.89. The van der Waals surface area contributed by atoms with Crippen molar-refractivity contribution < 1.29 is 4.42 Å². The lowest BCUT2D eigenvalue weighted by Crippen LogP contribution is -2.33. The van der Waals surface area contributed by atoms with E-state index in [4.69, 9.17) is 9.40 Å². The summed E-state index contributed by atoms with van der Waals surface area (Å²) < 4.78 is 8.22. The Morgan fingerprint density at radius 1 is 1.15 bits per heavy atom. The standard InChI is InChI=1S/C19H17BrN4OS2/c20-16-8-7-15(26-16)18-23-22-17(25-18)11-24-9-3-4-12(10-24)19-21-13-5-1-2-6-14(13)27-19/h1-2,5-8,12H,3-4,9-11H2. The molecule has 8 heteroatoms. The minimum Gasteiger partial charge on any atom is -0.419 e. The molecule has 5 rings (SSSR count). The first-order chi connectivity index (χ1) is 13.2. The van der Waals surface area contributed by atoms with Crippen molar-refractivity contribution in [1.29, 1.82) is 0 Å². The molecule has 1 fully saturated rings. The van der Waals surface area contributed by atoms with Gasteiger partial charge in [-0.1, -0.05) is 12.1 Å². The number of benzene rings is 1. The van der Waals surface area contributed by atoms with E-state index in [2.05, 4.69) is 55.3 Å². The lowest BCUT2D eigenvalue weighted by molar-refractivity contribution is 0.184. The highest BCUT2D eigenvalue weighted by atomic mass is 79.9. The maximum atomic E-state index is 5.89. The summed E-state index contributed by atoms with van der Waals surface area (Å²) in [5.41, 5.74) is 1.11. The van der Waals surface area contributed by atoms with Crippen LogP contribution in [0.5, 0.6) is 0 Å². The molecule has 0 aliphatic carbocycles. The summed E-state index contributed by atoms with van der Waals surface area (Å²) in [5.74, 6) is 1.76. The Morgan fingerprint density at radius 2 is 2.07 bits per heavy atom. The van der Waals surface area contributed by atoms with Crippen LogP contribution in [0.15, 0.2) is 44.6 Å². The molecule has 1 aliphatic heterocycles. The number of thiazole rings is 1. The van der Waals surface area contributed by atoms with Crippen LogP contribution in [0.2, 0.25) is 0 Å². The summed E-state index contributed by atoms with van der Waals surface area (Å²) in [4.78, 5) is 8.26. The number of halogens is 1. The monoisotopic (exact) mass is 460 g/mol. The van der Waals surface area contributed by atoms with Crippen molar-refractivity contribution in [2.24, 2.45) is 0 Å². The molecule has 4 heterocycles. The Bertz CT molecular complexity index is 1040. The average molecular weight is 461 g/mol. The van der Waals surface area contributed by atoms with Gasteiger partial charge in [0.2, 0.25) is 5.89 Å². The number of para-hydroxylation sites is 1. The molecule has 0 spiro atoms. The molecule has 27 heavy (non-hydrogen) atoms. The lowest BCUT2D eigenvalue weighted by Gasteiger charge is -2.30. The third-order valence-corrected chi connectivity index (χ3v) is 7.59. The van der Waals surface area contributed by atoms with Crippen LogP contribution in [0.1, 0.15) is 29.7 Å². The fourth-order valence-electron chi connectivity index (χ4n) is 3.50. The number of rotatable bonds is 4. The zero-order chi connectivity index (χ0) is 18.2. The second kappa shape index (κ2) is 7.43. The van der Waals surface area contributed by atoms with Crippen LogP contribution in [-0.2, 0) is 6.54 Å². The molecular weight excluding hydrogens is 444 g/mol. The van der Waals surface area contributed by atoms with E-state index in [1.54, 1.807) is 11.3 Å². The number of nitrogens with zero attached hydrogens (tertiary/aromatic N) is 4. The van der Waals surface area contributed by atoms with Crippen LogP contribution < -0.4 is 0 Å². The van der Waals surface area contributed by atoms with Gasteiger partial charge in [-0.25, -0.2) is 4.98 Å². The number of hydrogen-bond acceptors (Lipinski definition) is 7. The van der Waals surface area contributed by atoms with Gasteiger partial charge >= 0.3 is 0 Å². The highest BCUT2D eigenvalue weighted by Crippen LogP contribution is 2.34. The van der Waals surface area contributed by atoms with Crippen molar-refractivity contribution in [2.75, 3.05) is 13.1 Å². The van der Waals surface area contributed by atoms with Gasteiger partial charge in [0, 0.05) is 12.5 Å². The van der Waals surface area contributed by atoms with Crippen molar-refractivity contribution >= 4 is 48.8 Å². The van der Waals surface area contributed by atoms with Gasteiger partial charge in [-0.05, 0) is 59.6 Å². The van der Waals surface area contributed by atoms with E-state index >= 15 is 0 Å². The Balaban J connectivity index is 1.29. The lowest BCUT2D eigenvalue weighted by atomic mass is 9.99. The third kappa shape index (κ3) is 3.71. The Labute approximate surface area is 173 Å². The predicted molar refractivity (Wildman–Crippen MR) is 112 cm³/mol. The number of likely N-dealkylation sites (tertiary alicyclic amines) is 1. The van der Waals surface area contributed by atoms with E-state index in [9.17, 15) is 0 Å². The molecule has 138 valence electrons. The molecule has 0 bridgehead atoms. The number of piperidine rings is 1. The second-order valence-electron chi connectivity index (χ2n) is 6.70.